The number of fused-ring (bicyclic) bond motifs is 1. The second-order valence-electron chi connectivity index (χ2n) is 7.15. The van der Waals surface area contributed by atoms with Gasteiger partial charge in [0.15, 0.2) is 5.75 Å². The highest BCUT2D eigenvalue weighted by molar-refractivity contribution is 7.86. The van der Waals surface area contributed by atoms with E-state index in [9.17, 15) is 26.5 Å². The first-order valence-corrected chi connectivity index (χ1v) is 12.6. The predicted molar refractivity (Wildman–Crippen MR) is 126 cm³/mol. The van der Waals surface area contributed by atoms with Crippen LogP contribution in [0.15, 0.2) is 109 Å². The van der Waals surface area contributed by atoms with Gasteiger partial charge in [0.05, 0.1) is 22.0 Å². The number of hydrogen-bond acceptors (Lipinski definition) is 9. The molecule has 0 unspecified atom stereocenters. The molecule has 0 aliphatic carbocycles. The minimum atomic E-state index is -4.69. The number of rotatable bonds is 6. The van der Waals surface area contributed by atoms with Gasteiger partial charge >= 0.3 is 0 Å². The minimum absolute atomic E-state index is 0.263. The molecule has 0 saturated heterocycles. The van der Waals surface area contributed by atoms with Gasteiger partial charge in [0.1, 0.15) is 10.6 Å². The van der Waals surface area contributed by atoms with Crippen molar-refractivity contribution < 1.29 is 31.0 Å². The molecule has 0 atom stereocenters. The molecular formula is C22H16N4O7S2. The Balaban J connectivity index is 1.58. The second kappa shape index (κ2) is 9.31. The van der Waals surface area contributed by atoms with Gasteiger partial charge in [0, 0.05) is 5.39 Å². The maximum atomic E-state index is 11.8. The molecule has 4 rings (SSSR count). The van der Waals surface area contributed by atoms with Crippen molar-refractivity contribution in [2.45, 2.75) is 9.79 Å². The van der Waals surface area contributed by atoms with Crippen LogP contribution < -0.4 is 0 Å². The van der Waals surface area contributed by atoms with E-state index >= 15 is 0 Å². The van der Waals surface area contributed by atoms with Gasteiger partial charge in [-0.3, -0.25) is 9.11 Å². The van der Waals surface area contributed by atoms with Gasteiger partial charge in [-0.15, -0.1) is 5.11 Å². The molecule has 3 N–H and O–H groups in total. The number of aromatic hydroxyl groups is 1. The number of hydrogen-bond donors (Lipinski definition) is 3. The first kappa shape index (κ1) is 24.1. The number of azo groups is 2. The second-order valence-corrected chi connectivity index (χ2v) is 9.96. The Labute approximate surface area is 199 Å². The number of phenolic OH excluding ortho intramolecular Hbond substituents is 1. The van der Waals surface area contributed by atoms with Crippen LogP contribution in [0.2, 0.25) is 0 Å². The van der Waals surface area contributed by atoms with Crippen LogP contribution in [-0.4, -0.2) is 31.0 Å². The molecule has 13 heteroatoms. The molecule has 0 aromatic heterocycles. The lowest BCUT2D eigenvalue weighted by atomic mass is 10.1. The first-order chi connectivity index (χ1) is 16.5. The lowest BCUT2D eigenvalue weighted by molar-refractivity contribution is 0.472. The Bertz CT molecular complexity index is 1680. The van der Waals surface area contributed by atoms with Gasteiger partial charge in [0.2, 0.25) is 0 Å². The zero-order chi connectivity index (χ0) is 25.2. The first-order valence-electron chi connectivity index (χ1n) is 9.76. The number of benzene rings is 4. The summed E-state index contributed by atoms with van der Waals surface area (Å²) in [6.45, 7) is 0. The van der Waals surface area contributed by atoms with Crippen molar-refractivity contribution in [1.82, 2.24) is 0 Å². The van der Waals surface area contributed by atoms with Crippen LogP contribution in [0.4, 0.5) is 22.7 Å². The fraction of sp³-hybridized carbons (Fsp3) is 0. The van der Waals surface area contributed by atoms with Gasteiger partial charge in [-0.1, -0.05) is 24.3 Å². The van der Waals surface area contributed by atoms with Crippen LogP contribution in [0.1, 0.15) is 0 Å². The normalized spacial score (nSPS) is 12.6. The van der Waals surface area contributed by atoms with E-state index in [0.717, 1.165) is 0 Å². The predicted octanol–water partition coefficient (Wildman–Crippen LogP) is 5.87. The van der Waals surface area contributed by atoms with Crippen LogP contribution in [-0.2, 0) is 20.2 Å². The Kier molecular flexibility index (Phi) is 6.41. The fourth-order valence-corrected chi connectivity index (χ4v) is 4.22. The summed E-state index contributed by atoms with van der Waals surface area (Å²) in [6.07, 6.45) is 0. The minimum Gasteiger partial charge on any atom is -0.505 e. The Morgan fingerprint density at radius 3 is 1.60 bits per heavy atom. The van der Waals surface area contributed by atoms with Gasteiger partial charge in [-0.05, 0) is 60.0 Å². The molecule has 0 aliphatic heterocycles. The van der Waals surface area contributed by atoms with Gasteiger partial charge in [-0.25, -0.2) is 0 Å². The van der Waals surface area contributed by atoms with E-state index in [1.165, 1.54) is 42.5 Å². The highest BCUT2D eigenvalue weighted by Gasteiger charge is 2.21. The molecule has 4 aromatic carbocycles. The van der Waals surface area contributed by atoms with E-state index in [1.54, 1.807) is 36.4 Å². The molecular weight excluding hydrogens is 496 g/mol. The van der Waals surface area contributed by atoms with E-state index in [1.807, 2.05) is 0 Å². The summed E-state index contributed by atoms with van der Waals surface area (Å²) in [6, 6.07) is 18.9. The van der Waals surface area contributed by atoms with Crippen LogP contribution >= 0.6 is 0 Å². The van der Waals surface area contributed by atoms with Crippen molar-refractivity contribution in [3.63, 3.8) is 0 Å². The summed E-state index contributed by atoms with van der Waals surface area (Å²) >= 11 is 0. The fourth-order valence-electron chi connectivity index (χ4n) is 3.08. The standard InChI is InChI=1S/C22H16N4O7S2/c27-22-19-4-2-1-3-14(19)13-20(35(31,32)33)21(22)26-25-16-7-5-15(6-8-16)23-24-17-9-11-18(12-10-17)34(28,29)30/h1-13,27H,(H,28,29,30)(H,31,32,33). The average Bonchev–Trinajstić information content (AvgIpc) is 2.82. The maximum Gasteiger partial charge on any atom is 0.296 e. The Morgan fingerprint density at radius 1 is 0.600 bits per heavy atom. The SMILES string of the molecule is O=S(=O)(O)c1ccc(N=Nc2ccc(N=Nc3c(S(=O)(=O)O)cc4ccccc4c3O)cc2)cc1. The van der Waals surface area contributed by atoms with Crippen LogP contribution in [0.25, 0.3) is 10.8 Å². The van der Waals surface area contributed by atoms with E-state index in [2.05, 4.69) is 20.5 Å². The lowest BCUT2D eigenvalue weighted by Crippen LogP contribution is -1.99. The molecule has 0 saturated carbocycles. The van der Waals surface area contributed by atoms with E-state index in [-0.39, 0.29) is 4.90 Å². The summed E-state index contributed by atoms with van der Waals surface area (Å²) in [5.74, 6) is -0.440. The van der Waals surface area contributed by atoms with Crippen molar-refractivity contribution in [3.05, 3.63) is 78.9 Å². The lowest BCUT2D eigenvalue weighted by Gasteiger charge is -2.08. The van der Waals surface area contributed by atoms with Crippen LogP contribution in [0.3, 0.4) is 0 Å². The number of phenols is 1. The summed E-state index contributed by atoms with van der Waals surface area (Å²) in [5.41, 5.74) is 0.680. The van der Waals surface area contributed by atoms with Crippen LogP contribution in [0, 0.1) is 0 Å². The van der Waals surface area contributed by atoms with Crippen LogP contribution in [0.5, 0.6) is 5.75 Å². The van der Waals surface area contributed by atoms with Gasteiger partial charge in [0.25, 0.3) is 20.2 Å². The van der Waals surface area contributed by atoms with E-state index < -0.39 is 36.6 Å². The summed E-state index contributed by atoms with van der Waals surface area (Å²) in [4.78, 5) is -0.844. The van der Waals surface area contributed by atoms with Crippen molar-refractivity contribution >= 4 is 53.8 Å². The molecule has 178 valence electrons. The largest absolute Gasteiger partial charge is 0.505 e. The average molecular weight is 513 g/mol. The highest BCUT2D eigenvalue weighted by Crippen LogP contribution is 2.41. The molecule has 35 heavy (non-hydrogen) atoms. The number of nitrogens with zero attached hydrogens (tertiary/aromatic N) is 4. The summed E-state index contributed by atoms with van der Waals surface area (Å²) < 4.78 is 64.4. The van der Waals surface area contributed by atoms with Gasteiger partial charge < -0.3 is 5.11 Å². The molecule has 0 bridgehead atoms. The van der Waals surface area contributed by atoms with Crippen molar-refractivity contribution in [3.8, 4) is 5.75 Å². The zero-order valence-electron chi connectivity index (χ0n) is 17.6. The quantitative estimate of drug-likeness (QED) is 0.213. The summed E-state index contributed by atoms with van der Waals surface area (Å²) in [7, 11) is -8.99. The third-order valence-electron chi connectivity index (χ3n) is 4.77. The maximum absolute atomic E-state index is 11.8. The van der Waals surface area contributed by atoms with Crippen molar-refractivity contribution in [2.75, 3.05) is 0 Å². The Hall–Kier alpha value is -4.04. The molecule has 0 amide bonds. The molecule has 0 fully saturated rings. The molecule has 0 radical (unpaired) electrons. The molecule has 11 nitrogen and oxygen atoms in total. The van der Waals surface area contributed by atoms with E-state index in [4.69, 9.17) is 4.55 Å². The molecule has 0 spiro atoms. The van der Waals surface area contributed by atoms with Gasteiger partial charge in [-0.2, -0.15) is 32.2 Å². The highest BCUT2D eigenvalue weighted by atomic mass is 32.2. The topological polar surface area (TPSA) is 178 Å². The smallest absolute Gasteiger partial charge is 0.296 e. The molecule has 4 aromatic rings. The van der Waals surface area contributed by atoms with E-state index in [0.29, 0.717) is 27.8 Å². The third kappa shape index (κ3) is 5.55. The summed E-state index contributed by atoms with van der Waals surface area (Å²) in [5, 5.41) is 27.1. The van der Waals surface area contributed by atoms with Crippen molar-refractivity contribution in [2.24, 2.45) is 20.5 Å². The molecule has 0 aliphatic rings. The Morgan fingerprint density at radius 2 is 1.09 bits per heavy atom. The molecule has 0 heterocycles. The monoisotopic (exact) mass is 512 g/mol. The van der Waals surface area contributed by atoms with Crippen molar-refractivity contribution in [1.29, 1.82) is 0 Å². The third-order valence-corrected chi connectivity index (χ3v) is 6.50. The zero-order valence-corrected chi connectivity index (χ0v) is 19.2.